The van der Waals surface area contributed by atoms with Gasteiger partial charge in [-0.3, -0.25) is 9.35 Å². The molecule has 7 heteroatoms. The average molecular weight is 236 g/mol. The number of nitrogens with two attached hydrogens (primary N) is 1. The summed E-state index contributed by atoms with van der Waals surface area (Å²) in [5, 5.41) is -0.373. The van der Waals surface area contributed by atoms with Gasteiger partial charge in [0, 0.05) is 0 Å². The number of halogens is 1. The Morgan fingerprint density at radius 1 is 1.43 bits per heavy atom. The molecule has 0 unspecified atom stereocenters. The highest BCUT2D eigenvalue weighted by Gasteiger charge is 2.18. The quantitative estimate of drug-likeness (QED) is 0.737. The average Bonchev–Trinajstić information content (AvgIpc) is 2.01. The summed E-state index contributed by atoms with van der Waals surface area (Å²) in [7, 11) is -4.43. The second-order valence-electron chi connectivity index (χ2n) is 2.46. The van der Waals surface area contributed by atoms with E-state index in [9.17, 15) is 13.2 Å². The van der Waals surface area contributed by atoms with E-state index in [2.05, 4.69) is 0 Å². The van der Waals surface area contributed by atoms with Crippen LogP contribution in [0.15, 0.2) is 23.1 Å². The molecule has 0 aliphatic carbocycles. The minimum atomic E-state index is -4.43. The fourth-order valence-electron chi connectivity index (χ4n) is 0.900. The highest BCUT2D eigenvalue weighted by atomic mass is 35.5. The summed E-state index contributed by atoms with van der Waals surface area (Å²) < 4.78 is 30.2. The van der Waals surface area contributed by atoms with Gasteiger partial charge < -0.3 is 5.73 Å². The highest BCUT2D eigenvalue weighted by molar-refractivity contribution is 7.86. The van der Waals surface area contributed by atoms with Gasteiger partial charge in [-0.2, -0.15) is 8.42 Å². The first kappa shape index (κ1) is 11.0. The number of hydrogen-bond donors (Lipinski definition) is 2. The zero-order valence-electron chi connectivity index (χ0n) is 6.77. The number of hydrogen-bond acceptors (Lipinski definition) is 3. The van der Waals surface area contributed by atoms with Crippen LogP contribution < -0.4 is 5.73 Å². The van der Waals surface area contributed by atoms with Crippen LogP contribution in [-0.2, 0) is 10.1 Å². The van der Waals surface area contributed by atoms with E-state index in [1.807, 2.05) is 0 Å². The van der Waals surface area contributed by atoms with Gasteiger partial charge in [0.25, 0.3) is 10.1 Å². The number of amides is 1. The van der Waals surface area contributed by atoms with Gasteiger partial charge in [0.15, 0.2) is 0 Å². The van der Waals surface area contributed by atoms with Crippen LogP contribution in [0.25, 0.3) is 0 Å². The maximum absolute atomic E-state index is 10.8. The van der Waals surface area contributed by atoms with Gasteiger partial charge in [0.1, 0.15) is 4.90 Å². The van der Waals surface area contributed by atoms with Crippen LogP contribution in [0.4, 0.5) is 0 Å². The Balaban J connectivity index is 3.51. The first-order valence-electron chi connectivity index (χ1n) is 3.40. The topological polar surface area (TPSA) is 97.5 Å². The molecule has 0 saturated carbocycles. The van der Waals surface area contributed by atoms with Gasteiger partial charge in [-0.1, -0.05) is 17.7 Å². The molecular weight excluding hydrogens is 230 g/mol. The molecule has 1 rings (SSSR count). The number of primary amides is 1. The maximum atomic E-state index is 10.8. The zero-order chi connectivity index (χ0) is 10.9. The molecule has 1 amide bonds. The van der Waals surface area contributed by atoms with Crippen LogP contribution in [0.1, 0.15) is 10.4 Å². The van der Waals surface area contributed by atoms with Crippen molar-refractivity contribution in [3.63, 3.8) is 0 Å². The fraction of sp³-hybridized carbons (Fsp3) is 0. The molecule has 0 fully saturated rings. The van der Waals surface area contributed by atoms with Gasteiger partial charge in [-0.25, -0.2) is 0 Å². The maximum Gasteiger partial charge on any atom is 0.296 e. The zero-order valence-corrected chi connectivity index (χ0v) is 8.34. The van der Waals surface area contributed by atoms with Gasteiger partial charge in [0.05, 0.1) is 10.6 Å². The number of rotatable bonds is 2. The molecule has 0 aliphatic heterocycles. The van der Waals surface area contributed by atoms with Crippen molar-refractivity contribution in [3.8, 4) is 0 Å². The Labute approximate surface area is 85.2 Å². The predicted octanol–water partition coefficient (Wildman–Crippen LogP) is 0.686. The summed E-state index contributed by atoms with van der Waals surface area (Å²) >= 11 is 5.55. The van der Waals surface area contributed by atoms with Crippen molar-refractivity contribution >= 4 is 27.6 Å². The molecule has 0 aliphatic rings. The largest absolute Gasteiger partial charge is 0.366 e. The minimum Gasteiger partial charge on any atom is -0.366 e. The Kier molecular flexibility index (Phi) is 2.79. The lowest BCUT2D eigenvalue weighted by Gasteiger charge is -2.03. The molecule has 5 nitrogen and oxygen atoms in total. The van der Waals surface area contributed by atoms with Crippen molar-refractivity contribution in [2.75, 3.05) is 0 Å². The smallest absolute Gasteiger partial charge is 0.296 e. The van der Waals surface area contributed by atoms with Crippen molar-refractivity contribution in [1.29, 1.82) is 0 Å². The first-order chi connectivity index (χ1) is 6.34. The standard InChI is InChI=1S/C7H6ClNO4S/c8-6-4(7(9)10)2-1-3-5(6)14(11,12)13/h1-3H,(H2,9,10)(H,11,12,13). The van der Waals surface area contributed by atoms with E-state index in [1.54, 1.807) is 0 Å². The first-order valence-corrected chi connectivity index (χ1v) is 5.21. The summed E-state index contributed by atoms with van der Waals surface area (Å²) in [6.07, 6.45) is 0. The van der Waals surface area contributed by atoms with E-state index in [4.69, 9.17) is 21.9 Å². The molecule has 14 heavy (non-hydrogen) atoms. The van der Waals surface area contributed by atoms with E-state index in [-0.39, 0.29) is 10.6 Å². The van der Waals surface area contributed by atoms with Crippen LogP contribution in [0.2, 0.25) is 5.02 Å². The van der Waals surface area contributed by atoms with E-state index >= 15 is 0 Å². The lowest BCUT2D eigenvalue weighted by Crippen LogP contribution is -2.13. The van der Waals surface area contributed by atoms with Crippen LogP contribution in [0.5, 0.6) is 0 Å². The van der Waals surface area contributed by atoms with Crippen molar-refractivity contribution in [2.45, 2.75) is 4.90 Å². The van der Waals surface area contributed by atoms with Crippen LogP contribution in [-0.4, -0.2) is 18.9 Å². The molecule has 1 aromatic rings. The van der Waals surface area contributed by atoms with E-state index < -0.39 is 20.9 Å². The summed E-state index contributed by atoms with van der Waals surface area (Å²) in [5.41, 5.74) is 4.78. The molecular formula is C7H6ClNO4S. The van der Waals surface area contributed by atoms with Crippen molar-refractivity contribution < 1.29 is 17.8 Å². The van der Waals surface area contributed by atoms with E-state index in [1.165, 1.54) is 12.1 Å². The third kappa shape index (κ3) is 2.03. The summed E-state index contributed by atoms with van der Waals surface area (Å²) in [4.78, 5) is 10.2. The SMILES string of the molecule is NC(=O)c1cccc(S(=O)(=O)O)c1Cl. The molecule has 3 N–H and O–H groups in total. The lowest BCUT2D eigenvalue weighted by atomic mass is 10.2. The minimum absolute atomic E-state index is 0.151. The van der Waals surface area contributed by atoms with Crippen LogP contribution >= 0.6 is 11.6 Å². The van der Waals surface area contributed by atoms with Gasteiger partial charge in [-0.05, 0) is 12.1 Å². The fourth-order valence-corrected chi connectivity index (χ4v) is 2.00. The Morgan fingerprint density at radius 3 is 2.43 bits per heavy atom. The van der Waals surface area contributed by atoms with Gasteiger partial charge in [-0.15, -0.1) is 0 Å². The number of carbonyl (C=O) groups excluding carboxylic acids is 1. The van der Waals surface area contributed by atoms with E-state index in [0.717, 1.165) is 6.07 Å². The monoisotopic (exact) mass is 235 g/mol. The van der Waals surface area contributed by atoms with E-state index in [0.29, 0.717) is 0 Å². The van der Waals surface area contributed by atoms with Crippen LogP contribution in [0, 0.1) is 0 Å². The molecule has 0 bridgehead atoms. The van der Waals surface area contributed by atoms with Crippen LogP contribution in [0.3, 0.4) is 0 Å². The number of benzene rings is 1. The highest BCUT2D eigenvalue weighted by Crippen LogP contribution is 2.24. The predicted molar refractivity (Wildman–Crippen MR) is 49.8 cm³/mol. The molecule has 0 radical (unpaired) electrons. The summed E-state index contributed by atoms with van der Waals surface area (Å²) in [6, 6.07) is 3.60. The third-order valence-corrected chi connectivity index (χ3v) is 2.92. The molecule has 0 saturated heterocycles. The molecule has 76 valence electrons. The Morgan fingerprint density at radius 2 is 2.00 bits per heavy atom. The van der Waals surface area contributed by atoms with Gasteiger partial charge in [0.2, 0.25) is 5.91 Å². The van der Waals surface area contributed by atoms with Crippen molar-refractivity contribution in [1.82, 2.24) is 0 Å². The Bertz CT molecular complexity index is 482. The number of carbonyl (C=O) groups is 1. The Hall–Kier alpha value is -1.11. The molecule has 1 aromatic carbocycles. The van der Waals surface area contributed by atoms with Gasteiger partial charge >= 0.3 is 0 Å². The van der Waals surface area contributed by atoms with Crippen molar-refractivity contribution in [2.24, 2.45) is 5.73 Å². The van der Waals surface area contributed by atoms with Crippen molar-refractivity contribution in [3.05, 3.63) is 28.8 Å². The third-order valence-electron chi connectivity index (χ3n) is 1.51. The molecule has 0 heterocycles. The second-order valence-corrected chi connectivity index (χ2v) is 4.22. The molecule has 0 atom stereocenters. The summed E-state index contributed by atoms with van der Waals surface area (Å²) in [6.45, 7) is 0. The summed E-state index contributed by atoms with van der Waals surface area (Å²) in [5.74, 6) is -0.861. The molecule has 0 aromatic heterocycles. The molecule has 0 spiro atoms. The normalized spacial score (nSPS) is 11.3. The lowest BCUT2D eigenvalue weighted by molar-refractivity contribution is 0.100. The second kappa shape index (κ2) is 3.56.